The molecule has 8 heteroatoms. The molecule has 0 unspecified atom stereocenters. The van der Waals surface area contributed by atoms with Crippen LogP contribution in [-0.4, -0.2) is 37.1 Å². The van der Waals surface area contributed by atoms with Gasteiger partial charge in [0.05, 0.1) is 18.1 Å². The van der Waals surface area contributed by atoms with E-state index >= 15 is 0 Å². The van der Waals surface area contributed by atoms with Crippen molar-refractivity contribution in [1.82, 2.24) is 0 Å². The van der Waals surface area contributed by atoms with Gasteiger partial charge in [-0.1, -0.05) is 0 Å². The quantitative estimate of drug-likeness (QED) is 0.559. The summed E-state index contributed by atoms with van der Waals surface area (Å²) < 4.78 is 10.8. The molecule has 1 heterocycles. The van der Waals surface area contributed by atoms with E-state index in [0.29, 0.717) is 11.4 Å². The van der Waals surface area contributed by atoms with Gasteiger partial charge in [0.25, 0.3) is 11.6 Å². The highest BCUT2D eigenvalue weighted by molar-refractivity contribution is 5.94. The van der Waals surface area contributed by atoms with E-state index in [0.717, 1.165) is 18.8 Å². The molecular weight excluding hydrogens is 374 g/mol. The van der Waals surface area contributed by atoms with Gasteiger partial charge in [-0.3, -0.25) is 14.9 Å². The van der Waals surface area contributed by atoms with Gasteiger partial charge in [-0.05, 0) is 56.5 Å². The summed E-state index contributed by atoms with van der Waals surface area (Å²) in [6, 6.07) is 11.7. The molecule has 1 atom stereocenters. The third-order valence-corrected chi connectivity index (χ3v) is 4.89. The van der Waals surface area contributed by atoms with Crippen molar-refractivity contribution in [2.24, 2.45) is 0 Å². The van der Waals surface area contributed by atoms with E-state index in [-0.39, 0.29) is 17.3 Å². The van der Waals surface area contributed by atoms with Gasteiger partial charge in [0.15, 0.2) is 17.6 Å². The molecule has 154 valence electrons. The maximum Gasteiger partial charge on any atom is 0.273 e. The molecule has 1 aliphatic rings. The Morgan fingerprint density at radius 1 is 1.10 bits per heavy atom. The zero-order chi connectivity index (χ0) is 20.8. The van der Waals surface area contributed by atoms with E-state index in [1.54, 1.807) is 6.92 Å². The molecule has 8 nitrogen and oxygen atoms in total. The lowest BCUT2D eigenvalue weighted by Gasteiger charge is -2.28. The second-order valence-electron chi connectivity index (χ2n) is 6.94. The van der Waals surface area contributed by atoms with Gasteiger partial charge in [-0.2, -0.15) is 0 Å². The second-order valence-corrected chi connectivity index (χ2v) is 6.94. The predicted molar refractivity (Wildman–Crippen MR) is 111 cm³/mol. The smallest absolute Gasteiger partial charge is 0.273 e. The maximum atomic E-state index is 12.5. The predicted octanol–water partition coefficient (Wildman–Crippen LogP) is 4.00. The molecule has 2 aromatic rings. The number of methoxy groups -OCH3 is 1. The highest BCUT2D eigenvalue weighted by Gasteiger charge is 2.20. The summed E-state index contributed by atoms with van der Waals surface area (Å²) in [7, 11) is 1.43. The van der Waals surface area contributed by atoms with Gasteiger partial charge in [-0.15, -0.1) is 0 Å². The minimum absolute atomic E-state index is 0.137. The van der Waals surface area contributed by atoms with Gasteiger partial charge in [0.1, 0.15) is 0 Å². The van der Waals surface area contributed by atoms with Crippen LogP contribution in [0.3, 0.4) is 0 Å². The molecule has 29 heavy (non-hydrogen) atoms. The van der Waals surface area contributed by atoms with E-state index < -0.39 is 11.0 Å². The highest BCUT2D eigenvalue weighted by Crippen LogP contribution is 2.32. The number of piperidine rings is 1. The molecule has 0 spiro atoms. The summed E-state index contributed by atoms with van der Waals surface area (Å²) in [6.07, 6.45) is 2.81. The number of hydrogen-bond donors (Lipinski definition) is 1. The summed E-state index contributed by atoms with van der Waals surface area (Å²) >= 11 is 0. The molecule has 1 aliphatic heterocycles. The molecule has 0 radical (unpaired) electrons. The average Bonchev–Trinajstić information content (AvgIpc) is 2.74. The van der Waals surface area contributed by atoms with Crippen molar-refractivity contribution >= 4 is 23.0 Å². The van der Waals surface area contributed by atoms with Crippen molar-refractivity contribution in [1.29, 1.82) is 0 Å². The molecule has 1 saturated heterocycles. The molecule has 1 fully saturated rings. The van der Waals surface area contributed by atoms with E-state index in [2.05, 4.69) is 10.2 Å². The molecule has 0 aliphatic carbocycles. The summed E-state index contributed by atoms with van der Waals surface area (Å²) in [5.41, 5.74) is 1.67. The fourth-order valence-corrected chi connectivity index (χ4v) is 3.27. The Morgan fingerprint density at radius 2 is 1.79 bits per heavy atom. The van der Waals surface area contributed by atoms with Gasteiger partial charge < -0.3 is 19.7 Å². The Labute approximate surface area is 169 Å². The number of benzene rings is 2. The molecule has 2 aromatic carbocycles. The van der Waals surface area contributed by atoms with Crippen molar-refractivity contribution in [3.05, 3.63) is 52.6 Å². The molecule has 0 saturated carbocycles. The lowest BCUT2D eigenvalue weighted by Crippen LogP contribution is -2.30. The minimum atomic E-state index is -0.868. The highest BCUT2D eigenvalue weighted by atomic mass is 16.6. The van der Waals surface area contributed by atoms with Crippen LogP contribution in [0.5, 0.6) is 11.5 Å². The van der Waals surface area contributed by atoms with Crippen LogP contribution >= 0.6 is 0 Å². The number of amides is 1. The number of nitrogens with zero attached hydrogens (tertiary/aromatic N) is 2. The molecular formula is C21H25N3O5. The van der Waals surface area contributed by atoms with Crippen molar-refractivity contribution < 1.29 is 19.2 Å². The number of rotatable bonds is 7. The third kappa shape index (κ3) is 5.16. The zero-order valence-electron chi connectivity index (χ0n) is 16.6. The number of hydrogen-bond acceptors (Lipinski definition) is 6. The molecule has 1 N–H and O–H groups in total. The lowest BCUT2D eigenvalue weighted by molar-refractivity contribution is -0.385. The van der Waals surface area contributed by atoms with Crippen LogP contribution in [0.25, 0.3) is 0 Å². The Morgan fingerprint density at radius 3 is 2.41 bits per heavy atom. The molecule has 3 rings (SSSR count). The van der Waals surface area contributed by atoms with Crippen LogP contribution in [0.4, 0.5) is 17.1 Å². The monoisotopic (exact) mass is 399 g/mol. The van der Waals surface area contributed by atoms with E-state index in [9.17, 15) is 14.9 Å². The Bertz CT molecular complexity index is 863. The standard InChI is InChI=1S/C21H25N3O5/c1-15(29-20-14-18(24(26)27)10-11-19(20)28-2)21(25)22-16-6-8-17(9-7-16)23-12-4-3-5-13-23/h6-11,14-15H,3-5,12-13H2,1-2H3,(H,22,25)/t15-/m1/s1. The van der Waals surface area contributed by atoms with Crippen molar-refractivity contribution in [3.8, 4) is 11.5 Å². The Kier molecular flexibility index (Phi) is 6.54. The number of nitro benzene ring substituents is 1. The minimum Gasteiger partial charge on any atom is -0.493 e. The summed E-state index contributed by atoms with van der Waals surface area (Å²) in [4.78, 5) is 25.3. The number of non-ortho nitro benzene ring substituents is 1. The normalized spacial score (nSPS) is 14.8. The van der Waals surface area contributed by atoms with Crippen LogP contribution in [0.15, 0.2) is 42.5 Å². The first-order valence-corrected chi connectivity index (χ1v) is 9.63. The maximum absolute atomic E-state index is 12.5. The first-order valence-electron chi connectivity index (χ1n) is 9.63. The van der Waals surface area contributed by atoms with Crippen molar-refractivity contribution in [2.75, 3.05) is 30.4 Å². The van der Waals surface area contributed by atoms with Crippen LogP contribution < -0.4 is 19.7 Å². The summed E-state index contributed by atoms with van der Waals surface area (Å²) in [5.74, 6) is 0.107. The van der Waals surface area contributed by atoms with Crippen LogP contribution in [0.1, 0.15) is 26.2 Å². The van der Waals surface area contributed by atoms with Gasteiger partial charge in [-0.25, -0.2) is 0 Å². The Hall–Kier alpha value is -3.29. The Balaban J connectivity index is 1.63. The fraction of sp³-hybridized carbons (Fsp3) is 0.381. The van der Waals surface area contributed by atoms with Crippen LogP contribution in [0.2, 0.25) is 0 Å². The van der Waals surface area contributed by atoms with Crippen molar-refractivity contribution in [3.63, 3.8) is 0 Å². The van der Waals surface area contributed by atoms with E-state index in [1.807, 2.05) is 24.3 Å². The third-order valence-electron chi connectivity index (χ3n) is 4.89. The van der Waals surface area contributed by atoms with E-state index in [1.165, 1.54) is 44.6 Å². The first-order chi connectivity index (χ1) is 14.0. The van der Waals surface area contributed by atoms with Crippen LogP contribution in [0, 0.1) is 10.1 Å². The number of carbonyl (C=O) groups is 1. The molecule has 1 amide bonds. The van der Waals surface area contributed by atoms with Crippen LogP contribution in [-0.2, 0) is 4.79 Å². The average molecular weight is 399 g/mol. The summed E-state index contributed by atoms with van der Waals surface area (Å²) in [6.45, 7) is 3.69. The molecule has 0 bridgehead atoms. The lowest BCUT2D eigenvalue weighted by atomic mass is 10.1. The zero-order valence-corrected chi connectivity index (χ0v) is 16.6. The number of nitrogens with one attached hydrogen (secondary N) is 1. The largest absolute Gasteiger partial charge is 0.493 e. The fourth-order valence-electron chi connectivity index (χ4n) is 3.27. The van der Waals surface area contributed by atoms with E-state index in [4.69, 9.17) is 9.47 Å². The number of ether oxygens (including phenoxy) is 2. The van der Waals surface area contributed by atoms with Gasteiger partial charge in [0, 0.05) is 30.5 Å². The van der Waals surface area contributed by atoms with Gasteiger partial charge in [0.2, 0.25) is 0 Å². The van der Waals surface area contributed by atoms with Crippen molar-refractivity contribution in [2.45, 2.75) is 32.3 Å². The van der Waals surface area contributed by atoms with Gasteiger partial charge >= 0.3 is 0 Å². The number of anilines is 2. The SMILES string of the molecule is COc1ccc([N+](=O)[O-])cc1O[C@H](C)C(=O)Nc1ccc(N2CCCCC2)cc1. The second kappa shape index (κ2) is 9.27. The molecule has 0 aromatic heterocycles. The topological polar surface area (TPSA) is 93.9 Å². The number of carbonyl (C=O) groups excluding carboxylic acids is 1. The first kappa shape index (κ1) is 20.4. The summed E-state index contributed by atoms with van der Waals surface area (Å²) in [5, 5.41) is 13.8. The number of nitro groups is 1.